The molecule has 0 unspecified atom stereocenters. The minimum atomic E-state index is -0.360. The van der Waals surface area contributed by atoms with Crippen molar-refractivity contribution >= 4 is 39.3 Å². The zero-order valence-corrected chi connectivity index (χ0v) is 11.8. The van der Waals surface area contributed by atoms with Crippen molar-refractivity contribution in [3.63, 3.8) is 0 Å². The summed E-state index contributed by atoms with van der Waals surface area (Å²) in [6.45, 7) is 2.05. The van der Waals surface area contributed by atoms with Gasteiger partial charge in [-0.25, -0.2) is 9.78 Å². The molecule has 3 aromatic rings. The predicted octanol–water partition coefficient (Wildman–Crippen LogP) is 2.70. The standard InChI is InChI=1S/C12H11N3O2S2/c1-7-9(13)4-10(19-7)11(16)17-6-8-5-15-2-3-18-12(15)14-8/h2-5H,6,13H2,1H3. The molecule has 7 heteroatoms. The van der Waals surface area contributed by atoms with Gasteiger partial charge in [0.1, 0.15) is 11.5 Å². The molecule has 0 bridgehead atoms. The highest BCUT2D eigenvalue weighted by Gasteiger charge is 2.13. The number of imidazole rings is 1. The quantitative estimate of drug-likeness (QED) is 0.754. The van der Waals surface area contributed by atoms with Crippen molar-refractivity contribution in [3.05, 3.63) is 39.3 Å². The van der Waals surface area contributed by atoms with Crippen molar-refractivity contribution in [2.24, 2.45) is 0 Å². The van der Waals surface area contributed by atoms with Crippen LogP contribution in [0.25, 0.3) is 4.96 Å². The lowest BCUT2D eigenvalue weighted by Crippen LogP contribution is -2.03. The summed E-state index contributed by atoms with van der Waals surface area (Å²) < 4.78 is 7.13. The Kier molecular flexibility index (Phi) is 3.00. The summed E-state index contributed by atoms with van der Waals surface area (Å²) in [5.41, 5.74) is 7.07. The lowest BCUT2D eigenvalue weighted by atomic mass is 10.4. The van der Waals surface area contributed by atoms with E-state index < -0.39 is 0 Å². The van der Waals surface area contributed by atoms with Gasteiger partial charge in [-0.05, 0) is 13.0 Å². The molecule has 0 amide bonds. The molecule has 2 N–H and O–H groups in total. The number of hydrogen-bond acceptors (Lipinski definition) is 6. The average molecular weight is 293 g/mol. The number of rotatable bonds is 3. The maximum atomic E-state index is 11.8. The molecule has 3 rings (SSSR count). The molecule has 3 heterocycles. The van der Waals surface area contributed by atoms with Crippen LogP contribution >= 0.6 is 22.7 Å². The number of aryl methyl sites for hydroxylation is 1. The summed E-state index contributed by atoms with van der Waals surface area (Å²) in [5.74, 6) is -0.360. The molecule has 0 saturated carbocycles. The summed E-state index contributed by atoms with van der Waals surface area (Å²) in [7, 11) is 0. The normalized spacial score (nSPS) is 11.0. The van der Waals surface area contributed by atoms with E-state index in [9.17, 15) is 4.79 Å². The first kappa shape index (κ1) is 12.2. The van der Waals surface area contributed by atoms with Crippen LogP contribution in [0.15, 0.2) is 23.8 Å². The largest absolute Gasteiger partial charge is 0.455 e. The number of esters is 1. The summed E-state index contributed by atoms with van der Waals surface area (Å²) >= 11 is 2.88. The van der Waals surface area contributed by atoms with Crippen molar-refractivity contribution in [1.29, 1.82) is 0 Å². The van der Waals surface area contributed by atoms with Crippen LogP contribution in [0.3, 0.4) is 0 Å². The van der Waals surface area contributed by atoms with Crippen LogP contribution in [-0.2, 0) is 11.3 Å². The molecule has 0 spiro atoms. The molecular formula is C12H11N3O2S2. The van der Waals surface area contributed by atoms with Gasteiger partial charge < -0.3 is 10.5 Å². The summed E-state index contributed by atoms with van der Waals surface area (Å²) in [5, 5.41) is 1.95. The number of carbonyl (C=O) groups excluding carboxylic acids is 1. The van der Waals surface area contributed by atoms with E-state index in [1.807, 2.05) is 29.1 Å². The van der Waals surface area contributed by atoms with Crippen molar-refractivity contribution in [3.8, 4) is 0 Å². The highest BCUT2D eigenvalue weighted by Crippen LogP contribution is 2.24. The van der Waals surface area contributed by atoms with Gasteiger partial charge in [0.15, 0.2) is 4.96 Å². The monoisotopic (exact) mass is 293 g/mol. The fourth-order valence-corrected chi connectivity index (χ4v) is 3.21. The van der Waals surface area contributed by atoms with E-state index in [-0.39, 0.29) is 12.6 Å². The molecule has 0 aliphatic carbocycles. The van der Waals surface area contributed by atoms with Gasteiger partial charge in [0, 0.05) is 28.3 Å². The SMILES string of the molecule is Cc1sc(C(=O)OCc2cn3ccsc3n2)cc1N. The van der Waals surface area contributed by atoms with Crippen LogP contribution in [-0.4, -0.2) is 15.4 Å². The Bertz CT molecular complexity index is 693. The van der Waals surface area contributed by atoms with E-state index in [0.717, 1.165) is 15.5 Å². The molecular weight excluding hydrogens is 282 g/mol. The fourth-order valence-electron chi connectivity index (χ4n) is 1.65. The Morgan fingerprint density at radius 1 is 1.58 bits per heavy atom. The highest BCUT2D eigenvalue weighted by molar-refractivity contribution is 7.15. The summed E-state index contributed by atoms with van der Waals surface area (Å²) in [4.78, 5) is 18.5. The smallest absolute Gasteiger partial charge is 0.348 e. The van der Waals surface area contributed by atoms with Crippen LogP contribution < -0.4 is 5.73 Å². The third kappa shape index (κ3) is 2.34. The van der Waals surface area contributed by atoms with Gasteiger partial charge in [0.05, 0.1) is 5.69 Å². The van der Waals surface area contributed by atoms with Gasteiger partial charge >= 0.3 is 5.97 Å². The van der Waals surface area contributed by atoms with Crippen molar-refractivity contribution in [2.45, 2.75) is 13.5 Å². The Balaban J connectivity index is 1.68. The van der Waals surface area contributed by atoms with Gasteiger partial charge in [-0.15, -0.1) is 22.7 Å². The number of fused-ring (bicyclic) bond motifs is 1. The van der Waals surface area contributed by atoms with E-state index in [2.05, 4.69) is 4.98 Å². The summed E-state index contributed by atoms with van der Waals surface area (Å²) in [6, 6.07) is 1.65. The van der Waals surface area contributed by atoms with E-state index in [0.29, 0.717) is 10.6 Å². The number of hydrogen-bond donors (Lipinski definition) is 1. The Labute approximate surface area is 117 Å². The number of thiazole rings is 1. The molecule has 0 saturated heterocycles. The minimum absolute atomic E-state index is 0.171. The van der Waals surface area contributed by atoms with Crippen molar-refractivity contribution in [1.82, 2.24) is 9.38 Å². The molecule has 19 heavy (non-hydrogen) atoms. The van der Waals surface area contributed by atoms with E-state index in [4.69, 9.17) is 10.5 Å². The Hall–Kier alpha value is -1.86. The number of nitrogen functional groups attached to an aromatic ring is 1. The van der Waals surface area contributed by atoms with Crippen LogP contribution in [0, 0.1) is 6.92 Å². The first-order valence-electron chi connectivity index (χ1n) is 5.57. The number of anilines is 1. The second-order valence-corrected chi connectivity index (χ2v) is 6.15. The number of nitrogens with zero attached hydrogens (tertiary/aromatic N) is 2. The van der Waals surface area contributed by atoms with Crippen LogP contribution in [0.4, 0.5) is 5.69 Å². The second kappa shape index (κ2) is 4.67. The van der Waals surface area contributed by atoms with Gasteiger partial charge in [0.2, 0.25) is 0 Å². The average Bonchev–Trinajstić information content (AvgIpc) is 3.02. The van der Waals surface area contributed by atoms with Gasteiger partial charge in [-0.2, -0.15) is 0 Å². The van der Waals surface area contributed by atoms with E-state index in [1.165, 1.54) is 11.3 Å². The van der Waals surface area contributed by atoms with Crippen molar-refractivity contribution in [2.75, 3.05) is 5.73 Å². The molecule has 0 radical (unpaired) electrons. The number of aromatic nitrogens is 2. The molecule has 0 aliphatic heterocycles. The number of thiophene rings is 1. The zero-order chi connectivity index (χ0) is 13.4. The molecule has 5 nitrogen and oxygen atoms in total. The van der Waals surface area contributed by atoms with Crippen LogP contribution in [0.1, 0.15) is 20.2 Å². The maximum absolute atomic E-state index is 11.8. The molecule has 98 valence electrons. The van der Waals surface area contributed by atoms with Gasteiger partial charge in [0.25, 0.3) is 0 Å². The number of carbonyl (C=O) groups is 1. The van der Waals surface area contributed by atoms with Crippen LogP contribution in [0.5, 0.6) is 0 Å². The van der Waals surface area contributed by atoms with Gasteiger partial charge in [-0.3, -0.25) is 4.40 Å². The first-order chi connectivity index (χ1) is 9.13. The lowest BCUT2D eigenvalue weighted by Gasteiger charge is -1.99. The predicted molar refractivity (Wildman–Crippen MR) is 75.7 cm³/mol. The molecule has 0 fully saturated rings. The van der Waals surface area contributed by atoms with E-state index >= 15 is 0 Å². The Morgan fingerprint density at radius 2 is 2.42 bits per heavy atom. The third-order valence-electron chi connectivity index (χ3n) is 2.65. The molecule has 3 aromatic heterocycles. The number of nitrogens with two attached hydrogens (primary N) is 1. The first-order valence-corrected chi connectivity index (χ1v) is 7.27. The summed E-state index contributed by atoms with van der Waals surface area (Å²) in [6.07, 6.45) is 3.77. The second-order valence-electron chi connectivity index (χ2n) is 4.02. The zero-order valence-electron chi connectivity index (χ0n) is 10.1. The van der Waals surface area contributed by atoms with Gasteiger partial charge in [-0.1, -0.05) is 0 Å². The molecule has 0 aromatic carbocycles. The highest BCUT2D eigenvalue weighted by atomic mass is 32.1. The molecule has 0 atom stereocenters. The topological polar surface area (TPSA) is 69.6 Å². The fraction of sp³-hybridized carbons (Fsp3) is 0.167. The minimum Gasteiger partial charge on any atom is -0.455 e. The van der Waals surface area contributed by atoms with Crippen LogP contribution in [0.2, 0.25) is 0 Å². The Morgan fingerprint density at radius 3 is 3.11 bits per heavy atom. The van der Waals surface area contributed by atoms with E-state index in [1.54, 1.807) is 17.4 Å². The lowest BCUT2D eigenvalue weighted by molar-refractivity contribution is 0.0474. The number of ether oxygens (including phenoxy) is 1. The third-order valence-corrected chi connectivity index (χ3v) is 4.47. The van der Waals surface area contributed by atoms with Crippen molar-refractivity contribution < 1.29 is 9.53 Å². The maximum Gasteiger partial charge on any atom is 0.348 e. The molecule has 0 aliphatic rings.